The molecule has 10 nitrogen and oxygen atoms in total. The first-order valence-corrected chi connectivity index (χ1v) is 13.3. The third-order valence-electron chi connectivity index (χ3n) is 7.79. The lowest BCUT2D eigenvalue weighted by Crippen LogP contribution is -2.44. The van der Waals surface area contributed by atoms with Crippen LogP contribution in [0.5, 0.6) is 28.7 Å². The smallest absolute Gasteiger partial charge is 0.310 e. The average Bonchev–Trinajstić information content (AvgIpc) is 3.62. The number of carbonyl (C=O) groups is 1. The molecule has 2 N–H and O–H groups in total. The molecule has 4 atom stereocenters. The number of benzene rings is 3. The van der Waals surface area contributed by atoms with E-state index in [2.05, 4.69) is 16.7 Å². The number of fused-ring (bicyclic) bond motifs is 3. The molecule has 0 unspecified atom stereocenters. The van der Waals surface area contributed by atoms with Crippen LogP contribution < -0.4 is 34.3 Å². The second-order valence-electron chi connectivity index (χ2n) is 9.86. The lowest BCUT2D eigenvalue weighted by molar-refractivity contribution is -0.141. The van der Waals surface area contributed by atoms with Crippen LogP contribution in [0.25, 0.3) is 0 Å². The highest BCUT2D eigenvalue weighted by Crippen LogP contribution is 2.55. The van der Waals surface area contributed by atoms with Crippen molar-refractivity contribution >= 4 is 29.0 Å². The molecule has 0 radical (unpaired) electrons. The Hall–Kier alpha value is -4.69. The summed E-state index contributed by atoms with van der Waals surface area (Å²) in [6.45, 7) is 0.328. The zero-order valence-electron chi connectivity index (χ0n) is 22.6. The van der Waals surface area contributed by atoms with Crippen LogP contribution in [0.3, 0.4) is 0 Å². The molecule has 0 amide bonds. The van der Waals surface area contributed by atoms with E-state index in [0.717, 1.165) is 22.4 Å². The maximum atomic E-state index is 13.4. The fourth-order valence-electron chi connectivity index (χ4n) is 5.97. The van der Waals surface area contributed by atoms with E-state index in [1.165, 1.54) is 0 Å². The maximum absolute atomic E-state index is 13.4. The van der Waals surface area contributed by atoms with Crippen LogP contribution in [-0.4, -0.2) is 45.8 Å². The zero-order chi connectivity index (χ0) is 28.7. The highest BCUT2D eigenvalue weighted by atomic mass is 32.1. The van der Waals surface area contributed by atoms with Crippen molar-refractivity contribution in [3.8, 4) is 34.8 Å². The molecule has 2 aliphatic heterocycles. The first kappa shape index (κ1) is 26.5. The molecule has 3 aliphatic rings. The van der Waals surface area contributed by atoms with Crippen LogP contribution in [0.1, 0.15) is 34.2 Å². The van der Waals surface area contributed by atoms with Gasteiger partial charge in [0.05, 0.1) is 51.5 Å². The number of carbonyl (C=O) groups excluding carboxylic acids is 1. The number of esters is 1. The van der Waals surface area contributed by atoms with Gasteiger partial charge < -0.3 is 39.1 Å². The predicted molar refractivity (Wildman–Crippen MR) is 152 cm³/mol. The average molecular weight is 574 g/mol. The Kier molecular flexibility index (Phi) is 6.93. The number of cyclic esters (lactones) is 1. The van der Waals surface area contributed by atoms with Crippen LogP contribution in [0.2, 0.25) is 0 Å². The van der Waals surface area contributed by atoms with Gasteiger partial charge in [-0.1, -0.05) is 0 Å². The van der Waals surface area contributed by atoms with Gasteiger partial charge in [0.15, 0.2) is 28.1 Å². The van der Waals surface area contributed by atoms with Crippen LogP contribution in [0.15, 0.2) is 48.5 Å². The van der Waals surface area contributed by atoms with E-state index in [0.29, 0.717) is 39.4 Å². The fourth-order valence-corrected chi connectivity index (χ4v) is 6.21. The van der Waals surface area contributed by atoms with Gasteiger partial charge in [-0.2, -0.15) is 5.26 Å². The first-order chi connectivity index (χ1) is 19.9. The predicted octanol–water partition coefficient (Wildman–Crippen LogP) is 4.28. The summed E-state index contributed by atoms with van der Waals surface area (Å²) in [5.74, 6) is 1.18. The van der Waals surface area contributed by atoms with Crippen LogP contribution in [-0.2, 0) is 9.53 Å². The highest BCUT2D eigenvalue weighted by molar-refractivity contribution is 7.80. The molecule has 11 heteroatoms. The van der Waals surface area contributed by atoms with Gasteiger partial charge in [0.2, 0.25) is 12.5 Å². The summed E-state index contributed by atoms with van der Waals surface area (Å²) < 4.78 is 33.9. The van der Waals surface area contributed by atoms with Gasteiger partial charge in [-0.3, -0.25) is 4.79 Å². The SMILES string of the molecule is COc1cc([C@@H]2c3cc4c(cc3[C@@H](NC(=S)Nc3ccc(C#N)cc3)[C@H]3COC(=O)[C@H]23)OCO4)cc(OC)c1OC. The van der Waals surface area contributed by atoms with Crippen molar-refractivity contribution < 1.29 is 33.2 Å². The first-order valence-electron chi connectivity index (χ1n) is 12.9. The van der Waals surface area contributed by atoms with Crippen LogP contribution in [0.4, 0.5) is 5.69 Å². The fraction of sp³-hybridized carbons (Fsp3) is 0.300. The number of nitrogens with zero attached hydrogens (tertiary/aromatic N) is 1. The molecule has 41 heavy (non-hydrogen) atoms. The zero-order valence-corrected chi connectivity index (χ0v) is 23.4. The van der Waals surface area contributed by atoms with Gasteiger partial charge in [0.25, 0.3) is 0 Å². The largest absolute Gasteiger partial charge is 0.493 e. The molecule has 1 fully saturated rings. The number of nitrogens with one attached hydrogen (secondary N) is 2. The number of ether oxygens (including phenoxy) is 6. The number of thiocarbonyl (C=S) groups is 1. The summed E-state index contributed by atoms with van der Waals surface area (Å²) in [5.41, 5.74) is 3.88. The molecule has 0 bridgehead atoms. The van der Waals surface area contributed by atoms with Gasteiger partial charge >= 0.3 is 5.97 Å². The monoisotopic (exact) mass is 573 g/mol. The van der Waals surface area contributed by atoms with Crippen molar-refractivity contribution in [3.05, 3.63) is 70.8 Å². The molecule has 6 rings (SSSR count). The van der Waals surface area contributed by atoms with Crippen molar-refractivity contribution in [1.29, 1.82) is 5.26 Å². The van der Waals surface area contributed by atoms with Gasteiger partial charge in [-0.05, 0) is 77.4 Å². The van der Waals surface area contributed by atoms with Crippen molar-refractivity contribution in [2.45, 2.75) is 12.0 Å². The Labute approximate surface area is 242 Å². The van der Waals surface area contributed by atoms with Crippen LogP contribution >= 0.6 is 12.2 Å². The van der Waals surface area contributed by atoms with E-state index in [4.69, 9.17) is 45.9 Å². The van der Waals surface area contributed by atoms with Gasteiger partial charge in [0, 0.05) is 17.5 Å². The minimum absolute atomic E-state index is 0.110. The van der Waals surface area contributed by atoms with Crippen LogP contribution in [0, 0.1) is 23.2 Å². The summed E-state index contributed by atoms with van der Waals surface area (Å²) in [4.78, 5) is 13.4. The van der Waals surface area contributed by atoms with Crippen molar-refractivity contribution in [3.63, 3.8) is 0 Å². The lowest BCUT2D eigenvalue weighted by atomic mass is 9.65. The minimum atomic E-state index is -0.527. The molecular weight excluding hydrogens is 546 g/mol. The summed E-state index contributed by atoms with van der Waals surface area (Å²) in [7, 11) is 4.66. The molecular formula is C30H27N3O7S. The van der Waals surface area contributed by atoms with E-state index in [1.807, 2.05) is 24.3 Å². The molecule has 0 saturated carbocycles. The van der Waals surface area contributed by atoms with E-state index < -0.39 is 11.8 Å². The molecule has 3 aromatic carbocycles. The molecule has 0 spiro atoms. The molecule has 0 aromatic heterocycles. The van der Waals surface area contributed by atoms with Gasteiger partial charge in [-0.15, -0.1) is 0 Å². The van der Waals surface area contributed by atoms with Crippen molar-refractivity contribution in [2.75, 3.05) is 40.0 Å². The van der Waals surface area contributed by atoms with Crippen molar-refractivity contribution in [1.82, 2.24) is 5.32 Å². The highest BCUT2D eigenvalue weighted by Gasteiger charge is 2.53. The third-order valence-corrected chi connectivity index (χ3v) is 8.01. The maximum Gasteiger partial charge on any atom is 0.310 e. The van der Waals surface area contributed by atoms with Crippen molar-refractivity contribution in [2.24, 2.45) is 11.8 Å². The number of methoxy groups -OCH3 is 3. The molecule has 1 saturated heterocycles. The Bertz CT molecular complexity index is 1540. The Morgan fingerprint density at radius 2 is 1.61 bits per heavy atom. The molecule has 2 heterocycles. The normalized spacial score (nSPS) is 21.6. The van der Waals surface area contributed by atoms with Gasteiger partial charge in [0.1, 0.15) is 0 Å². The third kappa shape index (κ3) is 4.60. The summed E-state index contributed by atoms with van der Waals surface area (Å²) in [6, 6.07) is 16.3. The number of anilines is 1. The Morgan fingerprint density at radius 3 is 2.22 bits per heavy atom. The number of hydrogen-bond acceptors (Lipinski definition) is 9. The van der Waals surface area contributed by atoms with E-state index in [-0.39, 0.29) is 31.3 Å². The second kappa shape index (κ2) is 10.7. The summed E-state index contributed by atoms with van der Waals surface area (Å²) >= 11 is 5.70. The number of nitriles is 1. The second-order valence-corrected chi connectivity index (χ2v) is 10.3. The molecule has 1 aliphatic carbocycles. The summed E-state index contributed by atoms with van der Waals surface area (Å²) in [5, 5.41) is 16.1. The molecule has 3 aromatic rings. The Balaban J connectivity index is 1.44. The standard InChI is InChI=1S/C30H27N3O7S/c1-35-23-8-16(9-24(36-2)28(23)37-3)25-18-10-21-22(40-14-39-21)11-19(18)27(20-13-38-29(34)26(20)25)33-30(41)32-17-6-4-15(12-31)5-7-17/h4-11,20,25-27H,13-14H2,1-3H3,(H2,32,33,41)/t20-,25+,26-,27+/m0/s1. The molecule has 210 valence electrons. The van der Waals surface area contributed by atoms with Gasteiger partial charge in [-0.25, -0.2) is 0 Å². The minimum Gasteiger partial charge on any atom is -0.493 e. The van der Waals surface area contributed by atoms with E-state index in [9.17, 15) is 4.79 Å². The quantitative estimate of drug-likeness (QED) is 0.325. The number of hydrogen-bond donors (Lipinski definition) is 2. The lowest BCUT2D eigenvalue weighted by Gasteiger charge is -2.40. The van der Waals surface area contributed by atoms with E-state index >= 15 is 0 Å². The number of rotatable bonds is 6. The Morgan fingerprint density at radius 1 is 0.951 bits per heavy atom. The van der Waals surface area contributed by atoms with E-state index in [1.54, 1.807) is 45.6 Å². The summed E-state index contributed by atoms with van der Waals surface area (Å²) in [6.07, 6.45) is 0. The topological polar surface area (TPSA) is 120 Å².